The van der Waals surface area contributed by atoms with Gasteiger partial charge in [0, 0.05) is 22.5 Å². The van der Waals surface area contributed by atoms with Crippen LogP contribution in [0.2, 0.25) is 0 Å². The predicted octanol–water partition coefficient (Wildman–Crippen LogP) is 4.21. The van der Waals surface area contributed by atoms with Crippen LogP contribution in [0, 0.1) is 0 Å². The lowest BCUT2D eigenvalue weighted by Gasteiger charge is -2.07. The van der Waals surface area contributed by atoms with Gasteiger partial charge in [-0.25, -0.2) is 14.3 Å². The number of rotatable bonds is 2. The minimum atomic E-state index is -0.435. The van der Waals surface area contributed by atoms with E-state index in [1.165, 1.54) is 11.7 Å². The van der Waals surface area contributed by atoms with Crippen molar-refractivity contribution >= 4 is 33.1 Å². The number of methoxy groups -OCH3 is 1. The molecule has 0 aliphatic heterocycles. The van der Waals surface area contributed by atoms with Gasteiger partial charge in [-0.15, -0.1) is 0 Å². The van der Waals surface area contributed by atoms with Crippen molar-refractivity contribution in [3.63, 3.8) is 0 Å². The lowest BCUT2D eigenvalue weighted by atomic mass is 10.0. The van der Waals surface area contributed by atoms with Gasteiger partial charge in [-0.1, -0.05) is 46.3 Å². The minimum Gasteiger partial charge on any atom is -0.452 e. The molecule has 0 radical (unpaired) electrons. The molecule has 2 heterocycles. The summed E-state index contributed by atoms with van der Waals surface area (Å²) in [7, 11) is 1.37. The second kappa shape index (κ2) is 5.69. The monoisotopic (exact) mass is 344 g/mol. The molecule has 0 aliphatic rings. The lowest BCUT2D eigenvalue weighted by Crippen LogP contribution is -2.14. The second-order valence-corrected chi connectivity index (χ2v) is 5.06. The third-order valence-electron chi connectivity index (χ3n) is 3.37. The van der Waals surface area contributed by atoms with Gasteiger partial charge in [-0.3, -0.25) is 0 Å². The highest BCUT2D eigenvalue weighted by atomic mass is 79.9. The Bertz CT molecular complexity index is 797. The highest BCUT2D eigenvalue weighted by Gasteiger charge is 2.22. The smallest absolute Gasteiger partial charge is 0.419 e. The molecule has 4 nitrogen and oxygen atoms in total. The Labute approximate surface area is 130 Å². The molecule has 0 saturated carbocycles. The molecule has 0 saturated heterocycles. The number of hydrogen-bond acceptors (Lipinski definition) is 3. The summed E-state index contributed by atoms with van der Waals surface area (Å²) < 4.78 is 6.42. The highest BCUT2D eigenvalue weighted by Crippen LogP contribution is 2.35. The number of carbonyl (C=O) groups is 1. The molecule has 21 heavy (non-hydrogen) atoms. The van der Waals surface area contributed by atoms with Crippen molar-refractivity contribution in [2.45, 2.75) is 5.33 Å². The van der Waals surface area contributed by atoms with Crippen LogP contribution in [0.5, 0.6) is 0 Å². The number of aromatic nitrogens is 2. The average molecular weight is 345 g/mol. The summed E-state index contributed by atoms with van der Waals surface area (Å²) in [6.45, 7) is 0. The summed E-state index contributed by atoms with van der Waals surface area (Å²) in [4.78, 5) is 16.5. The van der Waals surface area contributed by atoms with Gasteiger partial charge in [0.25, 0.3) is 0 Å². The molecule has 0 unspecified atom stereocenters. The van der Waals surface area contributed by atoms with Crippen molar-refractivity contribution in [2.75, 3.05) is 7.11 Å². The fourth-order valence-electron chi connectivity index (χ4n) is 2.51. The van der Waals surface area contributed by atoms with E-state index in [2.05, 4.69) is 20.9 Å². The molecule has 5 heteroatoms. The molecule has 0 spiro atoms. The van der Waals surface area contributed by atoms with E-state index in [0.717, 1.165) is 22.2 Å². The molecule has 0 fully saturated rings. The summed E-state index contributed by atoms with van der Waals surface area (Å²) in [6.07, 6.45) is 1.24. The first kappa shape index (κ1) is 13.8. The topological polar surface area (TPSA) is 44.1 Å². The van der Waals surface area contributed by atoms with E-state index < -0.39 is 6.09 Å². The fourth-order valence-corrected chi connectivity index (χ4v) is 3.04. The van der Waals surface area contributed by atoms with Crippen LogP contribution in [0.4, 0.5) is 4.79 Å². The number of benzene rings is 1. The third kappa shape index (κ3) is 2.23. The Balaban J connectivity index is 2.41. The molecule has 0 aliphatic carbocycles. The normalized spacial score (nSPS) is 10.8. The summed E-state index contributed by atoms with van der Waals surface area (Å²) in [5.74, 6) is 0. The molecular weight excluding hydrogens is 332 g/mol. The van der Waals surface area contributed by atoms with E-state index in [9.17, 15) is 4.79 Å². The van der Waals surface area contributed by atoms with Crippen LogP contribution in [0.25, 0.3) is 22.2 Å². The number of hydrogen-bond donors (Lipinski definition) is 0. The van der Waals surface area contributed by atoms with Crippen LogP contribution in [-0.4, -0.2) is 22.8 Å². The third-order valence-corrected chi connectivity index (χ3v) is 3.90. The maximum atomic E-state index is 12.1. The van der Waals surface area contributed by atoms with Crippen LogP contribution >= 0.6 is 15.9 Å². The van der Waals surface area contributed by atoms with Gasteiger partial charge in [-0.2, -0.15) is 0 Å². The fraction of sp³-hybridized carbons (Fsp3) is 0.125. The maximum absolute atomic E-state index is 12.1. The molecule has 0 bridgehead atoms. The van der Waals surface area contributed by atoms with Gasteiger partial charge in [0.15, 0.2) is 0 Å². The molecule has 2 aromatic heterocycles. The summed E-state index contributed by atoms with van der Waals surface area (Å²) in [6, 6.07) is 13.8. The average Bonchev–Trinajstić information content (AvgIpc) is 2.89. The zero-order valence-corrected chi connectivity index (χ0v) is 13.0. The van der Waals surface area contributed by atoms with Gasteiger partial charge in [0.2, 0.25) is 0 Å². The van der Waals surface area contributed by atoms with Gasteiger partial charge in [0.1, 0.15) is 5.65 Å². The van der Waals surface area contributed by atoms with Gasteiger partial charge in [-0.05, 0) is 17.7 Å². The molecule has 3 rings (SSSR count). The maximum Gasteiger partial charge on any atom is 0.419 e. The number of halogens is 1. The number of nitrogens with zero attached hydrogens (tertiary/aromatic N) is 2. The van der Waals surface area contributed by atoms with Crippen molar-refractivity contribution in [3.05, 3.63) is 54.4 Å². The summed E-state index contributed by atoms with van der Waals surface area (Å²) in [5, 5.41) is 1.46. The van der Waals surface area contributed by atoms with E-state index in [-0.39, 0.29) is 0 Å². The number of alkyl halides is 1. The Morgan fingerprint density at radius 1 is 1.24 bits per heavy atom. The Hall–Kier alpha value is -2.14. The van der Waals surface area contributed by atoms with Crippen LogP contribution < -0.4 is 0 Å². The molecule has 1 aromatic carbocycles. The van der Waals surface area contributed by atoms with Crippen LogP contribution in [0.15, 0.2) is 48.7 Å². The minimum absolute atomic E-state index is 0.435. The lowest BCUT2D eigenvalue weighted by molar-refractivity contribution is 0.173. The van der Waals surface area contributed by atoms with E-state index in [1.807, 2.05) is 42.5 Å². The van der Waals surface area contributed by atoms with Crippen molar-refractivity contribution in [3.8, 4) is 11.1 Å². The molecule has 3 aromatic rings. The van der Waals surface area contributed by atoms with Crippen molar-refractivity contribution in [1.29, 1.82) is 0 Å². The first-order valence-electron chi connectivity index (χ1n) is 6.46. The number of pyridine rings is 1. The van der Waals surface area contributed by atoms with E-state index in [4.69, 9.17) is 4.74 Å². The van der Waals surface area contributed by atoms with Crippen LogP contribution in [0.3, 0.4) is 0 Å². The number of fused-ring (bicyclic) bond motifs is 1. The van der Waals surface area contributed by atoms with E-state index in [0.29, 0.717) is 11.0 Å². The first-order chi connectivity index (χ1) is 10.3. The number of ether oxygens (including phenoxy) is 1. The van der Waals surface area contributed by atoms with Crippen molar-refractivity contribution < 1.29 is 9.53 Å². The SMILES string of the molecule is COC(=O)n1c(CBr)c(-c2ccccc2)c2cccnc21. The molecule has 0 amide bonds. The Morgan fingerprint density at radius 3 is 2.67 bits per heavy atom. The highest BCUT2D eigenvalue weighted by molar-refractivity contribution is 9.08. The van der Waals surface area contributed by atoms with E-state index in [1.54, 1.807) is 6.20 Å². The standard InChI is InChI=1S/C16H13BrN2O2/c1-21-16(20)19-13(10-17)14(11-6-3-2-4-7-11)12-8-5-9-18-15(12)19/h2-9H,10H2,1H3. The van der Waals surface area contributed by atoms with Crippen molar-refractivity contribution in [2.24, 2.45) is 0 Å². The number of carbonyl (C=O) groups excluding carboxylic acids is 1. The largest absolute Gasteiger partial charge is 0.452 e. The summed E-state index contributed by atoms with van der Waals surface area (Å²) >= 11 is 3.48. The van der Waals surface area contributed by atoms with Crippen molar-refractivity contribution in [1.82, 2.24) is 9.55 Å². The Morgan fingerprint density at radius 2 is 2.00 bits per heavy atom. The molecule has 106 valence electrons. The molecule has 0 atom stereocenters. The molecule has 0 N–H and O–H groups in total. The van der Waals surface area contributed by atoms with Crippen LogP contribution in [0.1, 0.15) is 5.69 Å². The predicted molar refractivity (Wildman–Crippen MR) is 85.6 cm³/mol. The quantitative estimate of drug-likeness (QED) is 0.654. The zero-order chi connectivity index (χ0) is 14.8. The second-order valence-electron chi connectivity index (χ2n) is 4.50. The van der Waals surface area contributed by atoms with Gasteiger partial charge in [0.05, 0.1) is 12.8 Å². The summed E-state index contributed by atoms with van der Waals surface area (Å²) in [5.41, 5.74) is 3.49. The Kier molecular flexibility index (Phi) is 3.75. The molecular formula is C16H13BrN2O2. The first-order valence-corrected chi connectivity index (χ1v) is 7.58. The van der Waals surface area contributed by atoms with Gasteiger partial charge < -0.3 is 4.74 Å². The van der Waals surface area contributed by atoms with Crippen LogP contribution in [-0.2, 0) is 10.1 Å². The van der Waals surface area contributed by atoms with Gasteiger partial charge >= 0.3 is 6.09 Å². The van der Waals surface area contributed by atoms with E-state index >= 15 is 0 Å². The zero-order valence-electron chi connectivity index (χ0n) is 11.4.